The number of benzene rings is 1. The quantitative estimate of drug-likeness (QED) is 0.633. The number of para-hydroxylation sites is 1. The molecule has 0 bridgehead atoms. The van der Waals surface area contributed by atoms with Crippen LogP contribution in [0.1, 0.15) is 19.4 Å². The number of urea groups is 2. The second kappa shape index (κ2) is 7.85. The molecule has 1 aliphatic rings. The third-order valence-electron chi connectivity index (χ3n) is 3.97. The molecule has 26 heavy (non-hydrogen) atoms. The highest BCUT2D eigenvalue weighted by Gasteiger charge is 2.48. The smallest absolute Gasteiger partial charge is 0.325 e. The Labute approximate surface area is 151 Å². The van der Waals surface area contributed by atoms with Gasteiger partial charge in [-0.05, 0) is 25.5 Å². The zero-order chi connectivity index (χ0) is 19.3. The molecule has 1 aromatic rings. The lowest BCUT2D eigenvalue weighted by Gasteiger charge is -2.22. The van der Waals surface area contributed by atoms with Crippen molar-refractivity contribution in [2.45, 2.75) is 25.8 Å². The van der Waals surface area contributed by atoms with E-state index in [0.717, 1.165) is 10.5 Å². The summed E-state index contributed by atoms with van der Waals surface area (Å²) in [4.78, 5) is 48.9. The molecule has 1 heterocycles. The molecule has 9 nitrogen and oxygen atoms in total. The molecule has 140 valence electrons. The Bertz CT molecular complexity index is 736. The number of nitrogens with one attached hydrogen (secondary N) is 3. The Morgan fingerprint density at radius 3 is 2.62 bits per heavy atom. The number of methoxy groups -OCH3 is 1. The summed E-state index contributed by atoms with van der Waals surface area (Å²) in [6.45, 7) is 3.09. The van der Waals surface area contributed by atoms with Gasteiger partial charge in [-0.25, -0.2) is 9.59 Å². The second-order valence-corrected chi connectivity index (χ2v) is 6.05. The largest absolute Gasteiger partial charge is 0.496 e. The standard InChI is InChI=1S/C17H22N4O5/c1-4-18-15(24)19-13(22)10-21-14(23)17(2,20-16(21)25)9-11-7-5-6-8-12(11)26-3/h5-8H,4,9-10H2,1-3H3,(H,20,25)(H2,18,19,22,24)/t17-/m0/s1. The van der Waals surface area contributed by atoms with Crippen LogP contribution in [0.4, 0.5) is 9.59 Å². The molecular weight excluding hydrogens is 340 g/mol. The molecule has 6 amide bonds. The maximum absolute atomic E-state index is 12.7. The van der Waals surface area contributed by atoms with E-state index < -0.39 is 36.0 Å². The van der Waals surface area contributed by atoms with Gasteiger partial charge >= 0.3 is 12.1 Å². The lowest BCUT2D eigenvalue weighted by molar-refractivity contribution is -0.134. The van der Waals surface area contributed by atoms with Crippen molar-refractivity contribution in [1.29, 1.82) is 0 Å². The monoisotopic (exact) mass is 362 g/mol. The van der Waals surface area contributed by atoms with Crippen molar-refractivity contribution >= 4 is 23.9 Å². The van der Waals surface area contributed by atoms with Crippen LogP contribution in [0.5, 0.6) is 5.75 Å². The first kappa shape index (κ1) is 19.2. The van der Waals surface area contributed by atoms with Crippen LogP contribution in [0.25, 0.3) is 0 Å². The van der Waals surface area contributed by atoms with Gasteiger partial charge in [-0.1, -0.05) is 18.2 Å². The van der Waals surface area contributed by atoms with E-state index in [9.17, 15) is 19.2 Å². The Balaban J connectivity index is 2.09. The zero-order valence-corrected chi connectivity index (χ0v) is 14.9. The number of amides is 6. The van der Waals surface area contributed by atoms with Gasteiger partial charge in [0.1, 0.15) is 17.8 Å². The summed E-state index contributed by atoms with van der Waals surface area (Å²) in [5, 5.41) is 7.07. The Hall–Kier alpha value is -3.10. The minimum atomic E-state index is -1.21. The summed E-state index contributed by atoms with van der Waals surface area (Å²) < 4.78 is 5.27. The third kappa shape index (κ3) is 4.11. The molecule has 3 N–H and O–H groups in total. The summed E-state index contributed by atoms with van der Waals surface area (Å²) in [5.74, 6) is -0.691. The van der Waals surface area contributed by atoms with Crippen LogP contribution in [0.2, 0.25) is 0 Å². The van der Waals surface area contributed by atoms with Crippen LogP contribution < -0.4 is 20.7 Å². The third-order valence-corrected chi connectivity index (χ3v) is 3.97. The minimum absolute atomic E-state index is 0.204. The number of carbonyl (C=O) groups is 4. The van der Waals surface area contributed by atoms with Crippen molar-refractivity contribution in [3.63, 3.8) is 0 Å². The van der Waals surface area contributed by atoms with Gasteiger partial charge in [0.15, 0.2) is 0 Å². The normalized spacial score (nSPS) is 19.1. The predicted molar refractivity (Wildman–Crippen MR) is 92.6 cm³/mol. The summed E-state index contributed by atoms with van der Waals surface area (Å²) >= 11 is 0. The first-order chi connectivity index (χ1) is 12.3. The SMILES string of the molecule is CCNC(=O)NC(=O)CN1C(=O)N[C@@](C)(Cc2ccccc2OC)C1=O. The second-order valence-electron chi connectivity index (χ2n) is 6.05. The van der Waals surface area contributed by atoms with Crippen LogP contribution in [0.3, 0.4) is 0 Å². The van der Waals surface area contributed by atoms with Gasteiger partial charge in [0.2, 0.25) is 5.91 Å². The maximum Gasteiger partial charge on any atom is 0.325 e. The van der Waals surface area contributed by atoms with E-state index in [1.807, 2.05) is 0 Å². The molecule has 0 saturated carbocycles. The number of imide groups is 2. The molecule has 1 aromatic carbocycles. The highest BCUT2D eigenvalue weighted by atomic mass is 16.5. The topological polar surface area (TPSA) is 117 Å². The van der Waals surface area contributed by atoms with Gasteiger partial charge in [0.25, 0.3) is 5.91 Å². The molecule has 1 aliphatic heterocycles. The van der Waals surface area contributed by atoms with Crippen LogP contribution in [0, 0.1) is 0 Å². The van der Waals surface area contributed by atoms with Crippen molar-refractivity contribution in [1.82, 2.24) is 20.9 Å². The summed E-state index contributed by atoms with van der Waals surface area (Å²) in [6, 6.07) is 5.81. The van der Waals surface area contributed by atoms with Crippen molar-refractivity contribution in [3.8, 4) is 5.75 Å². The van der Waals surface area contributed by atoms with Crippen LogP contribution in [-0.4, -0.2) is 54.5 Å². The predicted octanol–water partition coefficient (Wildman–Crippen LogP) is 0.394. The van der Waals surface area contributed by atoms with Crippen LogP contribution in [0.15, 0.2) is 24.3 Å². The first-order valence-electron chi connectivity index (χ1n) is 8.14. The van der Waals surface area contributed by atoms with Gasteiger partial charge in [-0.2, -0.15) is 0 Å². The van der Waals surface area contributed by atoms with Gasteiger partial charge in [0, 0.05) is 13.0 Å². The summed E-state index contributed by atoms with van der Waals surface area (Å²) in [6.07, 6.45) is 0.204. The van der Waals surface area contributed by atoms with Crippen LogP contribution >= 0.6 is 0 Å². The van der Waals surface area contributed by atoms with Crippen molar-refractivity contribution < 1.29 is 23.9 Å². The highest BCUT2D eigenvalue weighted by molar-refractivity contribution is 6.09. The van der Waals surface area contributed by atoms with E-state index in [1.54, 1.807) is 38.1 Å². The fourth-order valence-electron chi connectivity index (χ4n) is 2.75. The molecule has 0 aromatic heterocycles. The number of hydrogen-bond donors (Lipinski definition) is 3. The van der Waals surface area contributed by atoms with Crippen molar-refractivity contribution in [2.75, 3.05) is 20.2 Å². The van der Waals surface area contributed by atoms with E-state index in [2.05, 4.69) is 16.0 Å². The van der Waals surface area contributed by atoms with Crippen molar-refractivity contribution in [2.24, 2.45) is 0 Å². The van der Waals surface area contributed by atoms with E-state index in [0.29, 0.717) is 12.3 Å². The zero-order valence-electron chi connectivity index (χ0n) is 14.9. The molecule has 0 aliphatic carbocycles. The average molecular weight is 362 g/mol. The molecule has 1 fully saturated rings. The molecule has 9 heteroatoms. The molecule has 0 radical (unpaired) electrons. The average Bonchev–Trinajstić information content (AvgIpc) is 2.78. The molecule has 0 unspecified atom stereocenters. The number of carbonyl (C=O) groups excluding carboxylic acids is 4. The summed E-state index contributed by atoms with van der Waals surface area (Å²) in [7, 11) is 1.52. The minimum Gasteiger partial charge on any atom is -0.496 e. The summed E-state index contributed by atoms with van der Waals surface area (Å²) in [5.41, 5.74) is -0.461. The van der Waals surface area contributed by atoms with Gasteiger partial charge in [-0.3, -0.25) is 19.8 Å². The molecular formula is C17H22N4O5. The molecule has 1 saturated heterocycles. The molecule has 2 rings (SSSR count). The lowest BCUT2D eigenvalue weighted by Crippen LogP contribution is -2.48. The molecule has 0 spiro atoms. The van der Waals surface area contributed by atoms with E-state index in [-0.39, 0.29) is 6.42 Å². The number of ether oxygens (including phenoxy) is 1. The van der Waals surface area contributed by atoms with Gasteiger partial charge in [-0.15, -0.1) is 0 Å². The number of nitrogens with zero attached hydrogens (tertiary/aromatic N) is 1. The number of hydrogen-bond acceptors (Lipinski definition) is 5. The van der Waals surface area contributed by atoms with E-state index in [4.69, 9.17) is 4.74 Å². The Kier molecular flexibility index (Phi) is 5.81. The lowest BCUT2D eigenvalue weighted by atomic mass is 9.92. The van der Waals surface area contributed by atoms with Crippen LogP contribution in [-0.2, 0) is 16.0 Å². The maximum atomic E-state index is 12.7. The fourth-order valence-corrected chi connectivity index (χ4v) is 2.75. The van der Waals surface area contributed by atoms with Crippen molar-refractivity contribution in [3.05, 3.63) is 29.8 Å². The fraction of sp³-hybridized carbons (Fsp3) is 0.412. The van der Waals surface area contributed by atoms with E-state index >= 15 is 0 Å². The Morgan fingerprint density at radius 2 is 1.96 bits per heavy atom. The highest BCUT2D eigenvalue weighted by Crippen LogP contribution is 2.27. The van der Waals surface area contributed by atoms with E-state index in [1.165, 1.54) is 7.11 Å². The number of rotatable bonds is 6. The van der Waals surface area contributed by atoms with Gasteiger partial charge in [0.05, 0.1) is 7.11 Å². The Morgan fingerprint density at radius 1 is 1.27 bits per heavy atom. The first-order valence-corrected chi connectivity index (χ1v) is 8.14. The molecule has 1 atom stereocenters. The van der Waals surface area contributed by atoms with Gasteiger partial charge < -0.3 is 15.4 Å².